The van der Waals surface area contributed by atoms with Gasteiger partial charge >= 0.3 is 12.1 Å². The van der Waals surface area contributed by atoms with Crippen molar-refractivity contribution in [2.24, 2.45) is 0 Å². The maximum absolute atomic E-state index is 11.8. The average Bonchev–Trinajstić information content (AvgIpc) is 2.37. The van der Waals surface area contributed by atoms with Crippen LogP contribution >= 0.6 is 0 Å². The van der Waals surface area contributed by atoms with Crippen molar-refractivity contribution in [1.29, 1.82) is 0 Å². The zero-order valence-corrected chi connectivity index (χ0v) is 13.4. The number of rotatable bonds is 3. The Morgan fingerprint density at radius 2 is 1.95 bits per heavy atom. The van der Waals surface area contributed by atoms with E-state index in [2.05, 4.69) is 15.0 Å². The number of nitrogens with zero attached hydrogens (tertiary/aromatic N) is 1. The van der Waals surface area contributed by atoms with Crippen LogP contribution in [0.3, 0.4) is 0 Å². The molecule has 1 aromatic rings. The summed E-state index contributed by atoms with van der Waals surface area (Å²) in [5, 5.41) is 2.36. The summed E-state index contributed by atoms with van der Waals surface area (Å²) in [4.78, 5) is 27.7. The zero-order chi connectivity index (χ0) is 16.9. The van der Waals surface area contributed by atoms with Crippen molar-refractivity contribution >= 4 is 24.0 Å². The van der Waals surface area contributed by atoms with Gasteiger partial charge in [-0.25, -0.2) is 14.6 Å². The Morgan fingerprint density at radius 3 is 2.45 bits per heavy atom. The number of carbonyl (C=O) groups excluding carboxylic acids is 2. The molecule has 0 aliphatic rings. The monoisotopic (exact) mass is 307 g/mol. The van der Waals surface area contributed by atoms with Gasteiger partial charge in [0.05, 0.1) is 7.11 Å². The lowest BCUT2D eigenvalue weighted by molar-refractivity contribution is -0.136. The number of amides is 1. The second-order valence-electron chi connectivity index (χ2n) is 5.60. The standard InChI is InChI=1S/C15H21N3O4/c1-9-6-7-10(12(16)17-9)8-11(13(19)21-5)18-14(20)22-15(2,3)4/h6-8H,1-5H3,(H2,16,17)(H,18,20)/b11-8-. The molecule has 1 amide bonds. The van der Waals surface area contributed by atoms with Crippen LogP contribution in [-0.2, 0) is 14.3 Å². The number of esters is 1. The molecule has 0 saturated carbocycles. The summed E-state index contributed by atoms with van der Waals surface area (Å²) in [7, 11) is 1.21. The largest absolute Gasteiger partial charge is 0.464 e. The van der Waals surface area contributed by atoms with Crippen molar-refractivity contribution in [2.45, 2.75) is 33.3 Å². The topological polar surface area (TPSA) is 104 Å². The molecule has 0 saturated heterocycles. The molecule has 120 valence electrons. The minimum absolute atomic E-state index is 0.0888. The summed E-state index contributed by atoms with van der Waals surface area (Å²) in [5.41, 5.74) is 6.25. The molecule has 7 heteroatoms. The average molecular weight is 307 g/mol. The molecule has 3 N–H and O–H groups in total. The fraction of sp³-hybridized carbons (Fsp3) is 0.400. The lowest BCUT2D eigenvalue weighted by Gasteiger charge is -2.20. The Hall–Kier alpha value is -2.57. The van der Waals surface area contributed by atoms with Gasteiger partial charge in [-0.1, -0.05) is 0 Å². The smallest absolute Gasteiger partial charge is 0.412 e. The van der Waals surface area contributed by atoms with E-state index in [0.29, 0.717) is 5.56 Å². The number of aryl methyl sites for hydroxylation is 1. The molecule has 0 aliphatic heterocycles. The van der Waals surface area contributed by atoms with Crippen LogP contribution < -0.4 is 11.1 Å². The summed E-state index contributed by atoms with van der Waals surface area (Å²) in [6.45, 7) is 6.95. The predicted octanol–water partition coefficient (Wildman–Crippen LogP) is 2.01. The third-order valence-corrected chi connectivity index (χ3v) is 2.44. The molecular formula is C15H21N3O4. The normalized spacial score (nSPS) is 11.8. The second kappa shape index (κ2) is 6.93. The summed E-state index contributed by atoms with van der Waals surface area (Å²) < 4.78 is 9.74. The molecule has 0 aliphatic carbocycles. The molecule has 0 atom stereocenters. The van der Waals surface area contributed by atoms with Crippen molar-refractivity contribution in [3.05, 3.63) is 29.1 Å². The van der Waals surface area contributed by atoms with Crippen LogP contribution in [0.5, 0.6) is 0 Å². The maximum atomic E-state index is 11.8. The number of nitrogen functional groups attached to an aromatic ring is 1. The third-order valence-electron chi connectivity index (χ3n) is 2.44. The fourth-order valence-electron chi connectivity index (χ4n) is 1.53. The van der Waals surface area contributed by atoms with Gasteiger partial charge in [0.15, 0.2) is 0 Å². The number of methoxy groups -OCH3 is 1. The summed E-state index contributed by atoms with van der Waals surface area (Å²) in [5.74, 6) is -0.474. The van der Waals surface area contributed by atoms with Gasteiger partial charge in [0, 0.05) is 11.3 Å². The van der Waals surface area contributed by atoms with E-state index in [4.69, 9.17) is 10.5 Å². The molecule has 0 spiro atoms. The van der Waals surface area contributed by atoms with E-state index in [1.54, 1.807) is 39.8 Å². The van der Waals surface area contributed by atoms with E-state index in [0.717, 1.165) is 5.69 Å². The molecule has 22 heavy (non-hydrogen) atoms. The minimum atomic E-state index is -0.761. The molecule has 1 heterocycles. The fourth-order valence-corrected chi connectivity index (χ4v) is 1.53. The van der Waals surface area contributed by atoms with Gasteiger partial charge in [-0.15, -0.1) is 0 Å². The van der Waals surface area contributed by atoms with Crippen molar-refractivity contribution in [2.75, 3.05) is 12.8 Å². The molecule has 0 radical (unpaired) electrons. The number of carbonyl (C=O) groups is 2. The molecule has 0 bridgehead atoms. The highest BCUT2D eigenvalue weighted by atomic mass is 16.6. The van der Waals surface area contributed by atoms with Crippen molar-refractivity contribution < 1.29 is 19.1 Å². The van der Waals surface area contributed by atoms with Crippen molar-refractivity contribution in [1.82, 2.24) is 10.3 Å². The van der Waals surface area contributed by atoms with E-state index >= 15 is 0 Å². The third kappa shape index (κ3) is 5.43. The number of ether oxygens (including phenoxy) is 2. The highest BCUT2D eigenvalue weighted by Gasteiger charge is 2.20. The number of nitrogens with one attached hydrogen (secondary N) is 1. The first-order valence-electron chi connectivity index (χ1n) is 6.65. The molecule has 1 rings (SSSR count). The lowest BCUT2D eigenvalue weighted by Crippen LogP contribution is -2.34. The molecule has 0 aromatic carbocycles. The Kier molecular flexibility index (Phi) is 5.50. The molecule has 0 fully saturated rings. The van der Waals surface area contributed by atoms with E-state index < -0.39 is 17.7 Å². The number of hydrogen-bond donors (Lipinski definition) is 2. The van der Waals surface area contributed by atoms with Crippen LogP contribution in [-0.4, -0.2) is 29.8 Å². The number of aromatic nitrogens is 1. The van der Waals surface area contributed by atoms with Crippen LogP contribution in [0.25, 0.3) is 6.08 Å². The highest BCUT2D eigenvalue weighted by molar-refractivity contribution is 5.97. The quantitative estimate of drug-likeness (QED) is 0.654. The van der Waals surface area contributed by atoms with E-state index in [9.17, 15) is 9.59 Å². The summed E-state index contributed by atoms with van der Waals surface area (Å²) in [6, 6.07) is 3.43. The van der Waals surface area contributed by atoms with Gasteiger partial charge in [0.2, 0.25) is 0 Å². The second-order valence-corrected chi connectivity index (χ2v) is 5.60. The Labute approximate surface area is 129 Å². The van der Waals surface area contributed by atoms with Crippen LogP contribution in [0.4, 0.5) is 10.6 Å². The van der Waals surface area contributed by atoms with Gasteiger partial charge in [-0.3, -0.25) is 5.32 Å². The van der Waals surface area contributed by atoms with Gasteiger partial charge in [0.1, 0.15) is 17.1 Å². The zero-order valence-electron chi connectivity index (χ0n) is 13.4. The van der Waals surface area contributed by atoms with Crippen molar-refractivity contribution in [3.63, 3.8) is 0 Å². The van der Waals surface area contributed by atoms with Crippen LogP contribution in [0, 0.1) is 6.92 Å². The Morgan fingerprint density at radius 1 is 1.32 bits per heavy atom. The highest BCUT2D eigenvalue weighted by Crippen LogP contribution is 2.14. The van der Waals surface area contributed by atoms with Gasteiger partial charge in [-0.2, -0.15) is 0 Å². The lowest BCUT2D eigenvalue weighted by atomic mass is 10.2. The molecule has 7 nitrogen and oxygen atoms in total. The minimum Gasteiger partial charge on any atom is -0.464 e. The number of alkyl carbamates (subject to hydrolysis) is 1. The number of nitrogens with two attached hydrogens (primary N) is 1. The maximum Gasteiger partial charge on any atom is 0.412 e. The van der Waals surface area contributed by atoms with E-state index in [1.807, 2.05) is 0 Å². The van der Waals surface area contributed by atoms with E-state index in [-0.39, 0.29) is 11.5 Å². The summed E-state index contributed by atoms with van der Waals surface area (Å²) in [6.07, 6.45) is 0.625. The Balaban J connectivity index is 3.05. The van der Waals surface area contributed by atoms with Gasteiger partial charge in [-0.05, 0) is 45.9 Å². The molecule has 1 aromatic heterocycles. The van der Waals surface area contributed by atoms with Crippen LogP contribution in [0.1, 0.15) is 32.0 Å². The molecule has 0 unspecified atom stereocenters. The van der Waals surface area contributed by atoms with Gasteiger partial charge in [0.25, 0.3) is 0 Å². The first-order chi connectivity index (χ1) is 10.1. The number of pyridine rings is 1. The van der Waals surface area contributed by atoms with Crippen LogP contribution in [0.2, 0.25) is 0 Å². The first kappa shape index (κ1) is 17.5. The predicted molar refractivity (Wildman–Crippen MR) is 82.7 cm³/mol. The van der Waals surface area contributed by atoms with Crippen molar-refractivity contribution in [3.8, 4) is 0 Å². The number of hydrogen-bond acceptors (Lipinski definition) is 6. The Bertz CT molecular complexity index is 603. The van der Waals surface area contributed by atoms with Gasteiger partial charge < -0.3 is 15.2 Å². The molecular weight excluding hydrogens is 286 g/mol. The SMILES string of the molecule is COC(=O)/C(=C/c1ccc(C)nc1N)NC(=O)OC(C)(C)C. The van der Waals surface area contributed by atoms with E-state index in [1.165, 1.54) is 13.2 Å². The first-order valence-corrected chi connectivity index (χ1v) is 6.65. The summed E-state index contributed by atoms with van der Waals surface area (Å²) >= 11 is 0. The van der Waals surface area contributed by atoms with Crippen LogP contribution in [0.15, 0.2) is 17.8 Å². The number of anilines is 1.